The lowest BCUT2D eigenvalue weighted by Gasteiger charge is -1.99. The van der Waals surface area contributed by atoms with Crippen LogP contribution in [0.2, 0.25) is 0 Å². The van der Waals surface area contributed by atoms with Crippen molar-refractivity contribution in [3.63, 3.8) is 0 Å². The Morgan fingerprint density at radius 2 is 1.48 bits per heavy atom. The maximum absolute atomic E-state index is 6.11. The average Bonchev–Trinajstić information content (AvgIpc) is 3.27. The monoisotopic (exact) mass is 353 g/mol. The summed E-state index contributed by atoms with van der Waals surface area (Å²) in [4.78, 5) is 6.47. The van der Waals surface area contributed by atoms with Gasteiger partial charge in [0.15, 0.2) is 0 Å². The van der Waals surface area contributed by atoms with Gasteiger partial charge < -0.3 is 5.73 Å². The van der Waals surface area contributed by atoms with E-state index in [1.807, 2.05) is 22.7 Å². The summed E-state index contributed by atoms with van der Waals surface area (Å²) in [5.74, 6) is 0. The zero-order valence-electron chi connectivity index (χ0n) is 12.6. The topological polar surface area (TPSA) is 26.0 Å². The molecule has 4 heteroatoms. The van der Waals surface area contributed by atoms with E-state index in [1.165, 1.54) is 35.5 Å². The van der Waals surface area contributed by atoms with E-state index in [2.05, 4.69) is 67.6 Å². The second-order valence-corrected chi connectivity index (χ2v) is 8.79. The van der Waals surface area contributed by atoms with Crippen LogP contribution in [0.15, 0.2) is 60.7 Å². The van der Waals surface area contributed by atoms with Gasteiger partial charge in [0.05, 0.1) is 9.88 Å². The van der Waals surface area contributed by atoms with E-state index in [1.54, 1.807) is 11.3 Å². The number of aryl methyl sites for hydroxylation is 1. The fraction of sp³-hybridized carbons (Fsp3) is 0.0526. The smallest absolute Gasteiger partial charge is 0.0869 e. The fourth-order valence-corrected chi connectivity index (χ4v) is 5.60. The number of anilines is 1. The molecule has 1 aromatic carbocycles. The molecule has 4 aromatic rings. The largest absolute Gasteiger partial charge is 0.391 e. The van der Waals surface area contributed by atoms with Crippen molar-refractivity contribution in [1.82, 2.24) is 0 Å². The van der Waals surface area contributed by atoms with Crippen LogP contribution in [-0.2, 0) is 0 Å². The zero-order chi connectivity index (χ0) is 15.8. The third-order valence-corrected chi connectivity index (χ3v) is 6.96. The third-order valence-electron chi connectivity index (χ3n) is 3.65. The van der Waals surface area contributed by atoms with E-state index < -0.39 is 0 Å². The van der Waals surface area contributed by atoms with Crippen molar-refractivity contribution in [2.75, 3.05) is 5.73 Å². The van der Waals surface area contributed by atoms with Gasteiger partial charge in [0.2, 0.25) is 0 Å². The molecule has 0 saturated heterocycles. The van der Waals surface area contributed by atoms with E-state index in [9.17, 15) is 0 Å². The Morgan fingerprint density at radius 1 is 0.739 bits per heavy atom. The Balaban J connectivity index is 1.79. The number of nitrogens with two attached hydrogens (primary N) is 1. The second-order valence-electron chi connectivity index (χ2n) is 5.33. The van der Waals surface area contributed by atoms with Gasteiger partial charge in [-0.15, -0.1) is 34.0 Å². The Kier molecular flexibility index (Phi) is 3.81. The van der Waals surface area contributed by atoms with E-state index in [-0.39, 0.29) is 0 Å². The number of hydrogen-bond acceptors (Lipinski definition) is 4. The van der Waals surface area contributed by atoms with E-state index in [0.29, 0.717) is 0 Å². The maximum atomic E-state index is 6.11. The number of rotatable bonds is 3. The summed E-state index contributed by atoms with van der Waals surface area (Å²) in [5, 5.41) is 0.871. The molecule has 0 amide bonds. The molecule has 3 aromatic heterocycles. The molecule has 0 fully saturated rings. The van der Waals surface area contributed by atoms with Crippen molar-refractivity contribution in [3.8, 4) is 30.6 Å². The van der Waals surface area contributed by atoms with Crippen LogP contribution in [0.4, 0.5) is 5.00 Å². The first-order valence-corrected chi connectivity index (χ1v) is 9.77. The first-order chi connectivity index (χ1) is 11.2. The second kappa shape index (κ2) is 5.96. The Morgan fingerprint density at radius 3 is 2.22 bits per heavy atom. The lowest BCUT2D eigenvalue weighted by atomic mass is 10.1. The summed E-state index contributed by atoms with van der Waals surface area (Å²) in [5.41, 5.74) is 8.62. The van der Waals surface area contributed by atoms with Gasteiger partial charge in [0.1, 0.15) is 0 Å². The predicted octanol–water partition coefficient (Wildman–Crippen LogP) is 6.76. The van der Waals surface area contributed by atoms with Crippen molar-refractivity contribution in [1.29, 1.82) is 0 Å². The number of nitrogen functional groups attached to an aromatic ring is 1. The van der Waals surface area contributed by atoms with Crippen molar-refractivity contribution >= 4 is 39.0 Å². The van der Waals surface area contributed by atoms with Crippen LogP contribution in [0.1, 0.15) is 4.88 Å². The van der Waals surface area contributed by atoms with Gasteiger partial charge >= 0.3 is 0 Å². The normalized spacial score (nSPS) is 11.0. The van der Waals surface area contributed by atoms with Gasteiger partial charge in [-0.25, -0.2) is 0 Å². The van der Waals surface area contributed by atoms with Gasteiger partial charge in [-0.1, -0.05) is 30.3 Å². The van der Waals surface area contributed by atoms with Crippen LogP contribution in [0.5, 0.6) is 0 Å². The average molecular weight is 354 g/mol. The van der Waals surface area contributed by atoms with Crippen molar-refractivity contribution in [2.45, 2.75) is 6.92 Å². The van der Waals surface area contributed by atoms with Crippen molar-refractivity contribution in [3.05, 3.63) is 65.5 Å². The molecule has 0 unspecified atom stereocenters. The minimum atomic E-state index is 0.871. The predicted molar refractivity (Wildman–Crippen MR) is 106 cm³/mol. The van der Waals surface area contributed by atoms with E-state index >= 15 is 0 Å². The summed E-state index contributed by atoms with van der Waals surface area (Å²) in [6.07, 6.45) is 0. The van der Waals surface area contributed by atoms with E-state index in [0.717, 1.165) is 5.00 Å². The lowest BCUT2D eigenvalue weighted by molar-refractivity contribution is 1.64. The Labute approximate surface area is 147 Å². The molecule has 0 saturated carbocycles. The highest BCUT2D eigenvalue weighted by molar-refractivity contribution is 7.25. The number of thiophene rings is 3. The molecule has 0 atom stereocenters. The molecular weight excluding hydrogens is 338 g/mol. The molecular formula is C19H15NS3. The fourth-order valence-electron chi connectivity index (χ4n) is 2.57. The quantitative estimate of drug-likeness (QED) is 0.432. The van der Waals surface area contributed by atoms with E-state index in [4.69, 9.17) is 5.73 Å². The number of benzene rings is 1. The van der Waals surface area contributed by atoms with Gasteiger partial charge in [0.25, 0.3) is 0 Å². The summed E-state index contributed by atoms with van der Waals surface area (Å²) in [6, 6.07) is 21.4. The molecule has 0 spiro atoms. The van der Waals surface area contributed by atoms with Gasteiger partial charge in [-0.2, -0.15) is 0 Å². The summed E-state index contributed by atoms with van der Waals surface area (Å²) >= 11 is 5.33. The highest BCUT2D eigenvalue weighted by Crippen LogP contribution is 2.46. The SMILES string of the molecule is Cc1ccc(-c2sc(N)cc2-c2ccc(-c3ccccc3)s2)s1. The molecule has 0 bridgehead atoms. The number of hydrogen-bond donors (Lipinski definition) is 1. The third kappa shape index (κ3) is 2.85. The van der Waals surface area contributed by atoms with Crippen LogP contribution < -0.4 is 5.73 Å². The van der Waals surface area contributed by atoms with Gasteiger partial charge in [0, 0.05) is 25.1 Å². The molecule has 0 radical (unpaired) electrons. The molecule has 114 valence electrons. The molecule has 4 rings (SSSR count). The highest BCUT2D eigenvalue weighted by atomic mass is 32.1. The lowest BCUT2D eigenvalue weighted by Crippen LogP contribution is -1.74. The van der Waals surface area contributed by atoms with Gasteiger partial charge in [-0.05, 0) is 42.8 Å². The first kappa shape index (κ1) is 14.7. The molecule has 1 nitrogen and oxygen atoms in total. The molecule has 23 heavy (non-hydrogen) atoms. The standard InChI is InChI=1S/C19H15NS3/c1-12-7-8-17(21-12)19-14(11-18(20)23-19)16-10-9-15(22-16)13-5-3-2-4-6-13/h2-11H,20H2,1H3. The van der Waals surface area contributed by atoms with Crippen LogP contribution >= 0.6 is 34.0 Å². The summed E-state index contributed by atoms with van der Waals surface area (Å²) in [7, 11) is 0. The first-order valence-electron chi connectivity index (χ1n) is 7.32. The van der Waals surface area contributed by atoms with Crippen LogP contribution in [0.25, 0.3) is 30.6 Å². The van der Waals surface area contributed by atoms with Crippen molar-refractivity contribution in [2.24, 2.45) is 0 Å². The highest BCUT2D eigenvalue weighted by Gasteiger charge is 2.15. The van der Waals surface area contributed by atoms with Gasteiger partial charge in [-0.3, -0.25) is 0 Å². The molecule has 0 aliphatic heterocycles. The maximum Gasteiger partial charge on any atom is 0.0869 e. The van der Waals surface area contributed by atoms with Crippen LogP contribution in [0.3, 0.4) is 0 Å². The zero-order valence-corrected chi connectivity index (χ0v) is 15.0. The molecule has 0 aliphatic rings. The molecule has 2 N–H and O–H groups in total. The summed E-state index contributed by atoms with van der Waals surface area (Å²) < 4.78 is 0. The minimum absolute atomic E-state index is 0.871. The Hall–Kier alpha value is -1.88. The van der Waals surface area contributed by atoms with Crippen molar-refractivity contribution < 1.29 is 0 Å². The minimum Gasteiger partial charge on any atom is -0.391 e. The Bertz CT molecular complexity index is 944. The van der Waals surface area contributed by atoms with Crippen LogP contribution in [0, 0.1) is 6.92 Å². The summed E-state index contributed by atoms with van der Waals surface area (Å²) in [6.45, 7) is 2.14. The van der Waals surface area contributed by atoms with Crippen LogP contribution in [-0.4, -0.2) is 0 Å². The molecule has 3 heterocycles. The molecule has 0 aliphatic carbocycles.